The molecule has 6 nitrogen and oxygen atoms in total. The van der Waals surface area contributed by atoms with Crippen molar-refractivity contribution in [3.05, 3.63) is 218 Å². The van der Waals surface area contributed by atoms with Crippen LogP contribution in [0.15, 0.2) is 207 Å². The molecule has 0 radical (unpaired) electrons. The number of carbonyl (C=O) groups excluding carboxylic acids is 2. The number of anilines is 1. The quantitative estimate of drug-likeness (QED) is 0.151. The minimum Gasteiger partial charge on any atom is -0.308 e. The lowest BCUT2D eigenvalue weighted by atomic mass is 9.90. The van der Waals surface area contributed by atoms with E-state index in [1.165, 1.54) is 4.90 Å². The Bertz CT molecular complexity index is 3120. The predicted octanol–water partition coefficient (Wildman–Crippen LogP) is 12.7. The van der Waals surface area contributed by atoms with E-state index < -0.39 is 0 Å². The summed E-state index contributed by atoms with van der Waals surface area (Å²) in [5.74, 6) is -0.757. The molecule has 1 aliphatic heterocycles. The number of nitrogens with zero attached hydrogens (tertiary/aromatic N) is 4. The van der Waals surface area contributed by atoms with Crippen molar-refractivity contribution in [1.29, 1.82) is 0 Å². The highest BCUT2D eigenvalue weighted by Gasteiger charge is 2.42. The standard InChI is InChI=1S/C54H34N4O2/c59-53-41-25-16-30-48(57-46-28-14-23-39(44-26-10-12-31-55-44)49(46)50-40(24-15-29-47(50)57)45-27-11-13-32-56-45)51(41)54(60)58(53)52-42(36-19-6-2-7-20-36)33-38(35-17-4-1-5-18-35)34-43(52)37-21-8-3-9-22-37/h1-34H. The summed E-state index contributed by atoms with van der Waals surface area (Å²) >= 11 is 0. The Labute approximate surface area is 346 Å². The average molecular weight is 771 g/mol. The fourth-order valence-electron chi connectivity index (χ4n) is 8.84. The number of hydrogen-bond acceptors (Lipinski definition) is 4. The number of imide groups is 1. The van der Waals surface area contributed by atoms with Crippen LogP contribution in [-0.4, -0.2) is 26.3 Å². The van der Waals surface area contributed by atoms with Crippen LogP contribution in [-0.2, 0) is 0 Å². The zero-order valence-electron chi connectivity index (χ0n) is 32.2. The number of pyridine rings is 2. The smallest absolute Gasteiger partial charge is 0.268 e. The number of carbonyl (C=O) groups is 2. The van der Waals surface area contributed by atoms with E-state index in [4.69, 9.17) is 9.97 Å². The van der Waals surface area contributed by atoms with Gasteiger partial charge in [-0.15, -0.1) is 0 Å². The minimum absolute atomic E-state index is 0.345. The highest BCUT2D eigenvalue weighted by molar-refractivity contribution is 6.37. The van der Waals surface area contributed by atoms with Gasteiger partial charge in [-0.05, 0) is 82.9 Å². The second kappa shape index (κ2) is 14.3. The summed E-state index contributed by atoms with van der Waals surface area (Å²) in [6.45, 7) is 0. The van der Waals surface area contributed by atoms with E-state index >= 15 is 9.59 Å². The number of amides is 2. The summed E-state index contributed by atoms with van der Waals surface area (Å²) in [6.07, 6.45) is 3.60. The minimum atomic E-state index is -0.385. The van der Waals surface area contributed by atoms with Crippen LogP contribution in [0.1, 0.15) is 20.7 Å². The maximum Gasteiger partial charge on any atom is 0.268 e. The first kappa shape index (κ1) is 35.0. The van der Waals surface area contributed by atoms with Gasteiger partial charge >= 0.3 is 0 Å². The van der Waals surface area contributed by atoms with Crippen LogP contribution in [0.25, 0.3) is 83.4 Å². The van der Waals surface area contributed by atoms with Gasteiger partial charge < -0.3 is 4.57 Å². The Kier molecular flexibility index (Phi) is 8.34. The Morgan fingerprint density at radius 3 is 1.33 bits per heavy atom. The SMILES string of the molecule is O=C1c2cccc(-n3c4cccc(-c5ccccn5)c4c4c(-c5ccccn5)cccc43)c2C(=O)N1c1c(-c2ccccc2)cc(-c2ccccc2)cc1-c1ccccc1. The van der Waals surface area contributed by atoms with E-state index in [1.54, 1.807) is 18.5 Å². The highest BCUT2D eigenvalue weighted by atomic mass is 16.2. The van der Waals surface area contributed by atoms with E-state index in [-0.39, 0.29) is 11.8 Å². The molecule has 0 aliphatic carbocycles. The van der Waals surface area contributed by atoms with E-state index in [0.717, 1.165) is 77.7 Å². The molecule has 2 amide bonds. The normalized spacial score (nSPS) is 12.4. The van der Waals surface area contributed by atoms with Gasteiger partial charge in [0, 0.05) is 45.4 Å². The van der Waals surface area contributed by atoms with Crippen molar-refractivity contribution in [1.82, 2.24) is 14.5 Å². The Balaban J connectivity index is 1.18. The summed E-state index contributed by atoms with van der Waals surface area (Å²) in [5, 5.41) is 1.96. The first-order valence-corrected chi connectivity index (χ1v) is 19.9. The predicted molar refractivity (Wildman–Crippen MR) is 241 cm³/mol. The van der Waals surface area contributed by atoms with E-state index in [9.17, 15) is 0 Å². The van der Waals surface area contributed by atoms with Crippen molar-refractivity contribution in [2.45, 2.75) is 0 Å². The molecular weight excluding hydrogens is 737 g/mol. The summed E-state index contributed by atoms with van der Waals surface area (Å²) in [5.41, 5.74) is 12.5. The average Bonchev–Trinajstić information content (AvgIpc) is 3.80. The zero-order chi connectivity index (χ0) is 40.2. The van der Waals surface area contributed by atoms with Gasteiger partial charge in [0.1, 0.15) is 0 Å². The Morgan fingerprint density at radius 1 is 0.367 bits per heavy atom. The first-order chi connectivity index (χ1) is 29.7. The van der Waals surface area contributed by atoms with Crippen molar-refractivity contribution in [2.24, 2.45) is 0 Å². The van der Waals surface area contributed by atoms with Crippen molar-refractivity contribution < 1.29 is 9.59 Å². The van der Waals surface area contributed by atoms with Crippen LogP contribution >= 0.6 is 0 Å². The summed E-state index contributed by atoms with van der Waals surface area (Å²) in [6, 6.07) is 64.2. The topological polar surface area (TPSA) is 68.1 Å². The van der Waals surface area contributed by atoms with E-state index in [2.05, 4.69) is 53.1 Å². The molecule has 1 aliphatic rings. The van der Waals surface area contributed by atoms with Crippen LogP contribution in [0.5, 0.6) is 0 Å². The molecule has 0 bridgehead atoms. The number of rotatable bonds is 7. The molecule has 60 heavy (non-hydrogen) atoms. The fraction of sp³-hybridized carbons (Fsp3) is 0. The van der Waals surface area contributed by atoms with Gasteiger partial charge in [-0.2, -0.15) is 0 Å². The largest absolute Gasteiger partial charge is 0.308 e. The van der Waals surface area contributed by atoms with Gasteiger partial charge in [0.2, 0.25) is 0 Å². The molecule has 3 aromatic heterocycles. The second-order valence-electron chi connectivity index (χ2n) is 14.8. The van der Waals surface area contributed by atoms with Gasteiger partial charge in [-0.3, -0.25) is 19.6 Å². The van der Waals surface area contributed by atoms with Crippen molar-refractivity contribution in [3.63, 3.8) is 0 Å². The molecule has 6 heteroatoms. The molecule has 0 atom stereocenters. The third-order valence-electron chi connectivity index (χ3n) is 11.4. The molecule has 0 unspecified atom stereocenters. The lowest BCUT2D eigenvalue weighted by Crippen LogP contribution is -2.30. The molecule has 10 aromatic rings. The van der Waals surface area contributed by atoms with Crippen molar-refractivity contribution in [2.75, 3.05) is 4.90 Å². The van der Waals surface area contributed by atoms with Crippen LogP contribution in [0.3, 0.4) is 0 Å². The molecule has 7 aromatic carbocycles. The van der Waals surface area contributed by atoms with Gasteiger partial charge in [0.15, 0.2) is 0 Å². The lowest BCUT2D eigenvalue weighted by molar-refractivity contribution is 0.0926. The number of benzene rings is 7. The number of fused-ring (bicyclic) bond motifs is 4. The highest BCUT2D eigenvalue weighted by Crippen LogP contribution is 2.48. The molecule has 0 N–H and O–H groups in total. The van der Waals surface area contributed by atoms with Crippen LogP contribution in [0.4, 0.5) is 5.69 Å². The van der Waals surface area contributed by atoms with E-state index in [0.29, 0.717) is 22.5 Å². The van der Waals surface area contributed by atoms with Crippen LogP contribution in [0.2, 0.25) is 0 Å². The molecule has 0 fully saturated rings. The lowest BCUT2D eigenvalue weighted by Gasteiger charge is -2.24. The third kappa shape index (κ3) is 5.57. The molecule has 11 rings (SSSR count). The van der Waals surface area contributed by atoms with Gasteiger partial charge in [0.05, 0.1) is 44.9 Å². The Morgan fingerprint density at radius 2 is 0.833 bits per heavy atom. The molecule has 0 saturated carbocycles. The molecule has 0 spiro atoms. The fourth-order valence-corrected chi connectivity index (χ4v) is 8.84. The molecule has 4 heterocycles. The van der Waals surface area contributed by atoms with Gasteiger partial charge in [-0.1, -0.05) is 133 Å². The first-order valence-electron chi connectivity index (χ1n) is 19.9. The van der Waals surface area contributed by atoms with Crippen molar-refractivity contribution in [3.8, 4) is 61.6 Å². The molecule has 282 valence electrons. The summed E-state index contributed by atoms with van der Waals surface area (Å²) in [4.78, 5) is 41.7. The van der Waals surface area contributed by atoms with Crippen molar-refractivity contribution >= 4 is 39.3 Å². The van der Waals surface area contributed by atoms with Gasteiger partial charge in [-0.25, -0.2) is 4.90 Å². The molecular formula is C54H34N4O2. The monoisotopic (exact) mass is 770 g/mol. The van der Waals surface area contributed by atoms with E-state index in [1.807, 2.05) is 140 Å². The van der Waals surface area contributed by atoms with Crippen LogP contribution < -0.4 is 4.90 Å². The molecule has 0 saturated heterocycles. The zero-order valence-corrected chi connectivity index (χ0v) is 32.2. The maximum absolute atomic E-state index is 15.6. The third-order valence-corrected chi connectivity index (χ3v) is 11.4. The summed E-state index contributed by atoms with van der Waals surface area (Å²) in [7, 11) is 0. The maximum atomic E-state index is 15.6. The number of aromatic nitrogens is 3. The van der Waals surface area contributed by atoms with Crippen LogP contribution in [0, 0.1) is 0 Å². The summed E-state index contributed by atoms with van der Waals surface area (Å²) < 4.78 is 2.13. The van der Waals surface area contributed by atoms with Gasteiger partial charge in [0.25, 0.3) is 11.8 Å². The Hall–Kier alpha value is -8.22. The second-order valence-corrected chi connectivity index (χ2v) is 14.8. The number of hydrogen-bond donors (Lipinski definition) is 0.